The van der Waals surface area contributed by atoms with Crippen LogP contribution in [-0.2, 0) is 12.7 Å². The molecule has 0 aliphatic carbocycles. The molecule has 212 valence electrons. The number of amides is 1. The largest absolute Gasteiger partial charge is 0.436 e. The molecule has 4 aromatic rings. The average molecular weight is 561 g/mol. The van der Waals surface area contributed by atoms with Crippen molar-refractivity contribution in [2.45, 2.75) is 45.3 Å². The number of nitriles is 1. The van der Waals surface area contributed by atoms with Crippen molar-refractivity contribution in [1.29, 1.82) is 5.26 Å². The normalized spacial score (nSPS) is 16.2. The second kappa shape index (κ2) is 11.8. The van der Waals surface area contributed by atoms with Crippen LogP contribution in [0, 0.1) is 17.2 Å². The lowest BCUT2D eigenvalue weighted by molar-refractivity contribution is -0.137. The highest BCUT2D eigenvalue weighted by Crippen LogP contribution is 2.32. The first kappa shape index (κ1) is 28.4. The van der Waals surface area contributed by atoms with Gasteiger partial charge in [0.05, 0.1) is 17.2 Å². The maximum Gasteiger partial charge on any atom is 0.416 e. The minimum absolute atomic E-state index is 0.162. The summed E-state index contributed by atoms with van der Waals surface area (Å²) < 4.78 is 45.3. The number of hydrogen-bond acceptors (Lipinski definition) is 5. The van der Waals surface area contributed by atoms with Gasteiger partial charge in [0.2, 0.25) is 5.89 Å². The lowest BCUT2D eigenvalue weighted by Crippen LogP contribution is -2.40. The summed E-state index contributed by atoms with van der Waals surface area (Å²) in [5.41, 5.74) is 3.97. The Morgan fingerprint density at radius 1 is 1.17 bits per heavy atom. The molecule has 1 aliphatic rings. The average Bonchev–Trinajstić information content (AvgIpc) is 3.39. The number of likely N-dealkylation sites (tertiary alicyclic amines) is 1. The van der Waals surface area contributed by atoms with Crippen LogP contribution in [0.5, 0.6) is 0 Å². The van der Waals surface area contributed by atoms with Gasteiger partial charge in [-0.3, -0.25) is 9.69 Å². The zero-order chi connectivity index (χ0) is 29.1. The van der Waals surface area contributed by atoms with Crippen molar-refractivity contribution in [1.82, 2.24) is 15.2 Å². The number of carbonyl (C=O) groups is 1. The molecular weight excluding hydrogens is 529 g/mol. The lowest BCUT2D eigenvalue weighted by Gasteiger charge is -2.33. The topological polar surface area (TPSA) is 82.2 Å². The summed E-state index contributed by atoms with van der Waals surface area (Å²) in [5, 5.41) is 12.4. The Balaban J connectivity index is 1.19. The highest BCUT2D eigenvalue weighted by atomic mass is 19.4. The smallest absolute Gasteiger partial charge is 0.416 e. The Morgan fingerprint density at radius 3 is 2.66 bits per heavy atom. The molecule has 0 bridgehead atoms. The monoisotopic (exact) mass is 560 g/mol. The van der Waals surface area contributed by atoms with Crippen LogP contribution < -0.4 is 5.32 Å². The quantitative estimate of drug-likeness (QED) is 0.260. The number of nitrogens with zero attached hydrogens (tertiary/aromatic N) is 3. The van der Waals surface area contributed by atoms with E-state index >= 15 is 0 Å². The molecule has 0 radical (unpaired) electrons. The summed E-state index contributed by atoms with van der Waals surface area (Å²) in [4.78, 5) is 19.6. The molecule has 1 aromatic heterocycles. The van der Waals surface area contributed by atoms with Gasteiger partial charge in [-0.2, -0.15) is 18.4 Å². The van der Waals surface area contributed by atoms with Gasteiger partial charge in [0, 0.05) is 36.3 Å². The fourth-order valence-corrected chi connectivity index (χ4v) is 5.34. The van der Waals surface area contributed by atoms with Crippen molar-refractivity contribution >= 4 is 17.0 Å². The number of alkyl halides is 3. The molecule has 2 heterocycles. The number of aromatic nitrogens is 1. The van der Waals surface area contributed by atoms with Crippen LogP contribution in [0.3, 0.4) is 0 Å². The van der Waals surface area contributed by atoms with Crippen LogP contribution in [0.15, 0.2) is 65.1 Å². The lowest BCUT2D eigenvalue weighted by atomic mass is 9.97. The van der Waals surface area contributed by atoms with Crippen LogP contribution in [0.2, 0.25) is 0 Å². The summed E-state index contributed by atoms with van der Waals surface area (Å²) in [6.07, 6.45) is -2.49. The van der Waals surface area contributed by atoms with Gasteiger partial charge >= 0.3 is 6.18 Å². The van der Waals surface area contributed by atoms with Crippen LogP contribution in [0.4, 0.5) is 13.2 Å². The van der Waals surface area contributed by atoms with Gasteiger partial charge in [-0.25, -0.2) is 4.98 Å². The maximum atomic E-state index is 13.1. The Kier molecular flexibility index (Phi) is 8.13. The highest BCUT2D eigenvalue weighted by Gasteiger charge is 2.30. The third-order valence-electron chi connectivity index (χ3n) is 7.48. The number of rotatable bonds is 7. The van der Waals surface area contributed by atoms with Crippen LogP contribution in [0.1, 0.15) is 65.2 Å². The molecule has 5 rings (SSSR count). The number of nitrogens with one attached hydrogen (secondary N) is 1. The zero-order valence-corrected chi connectivity index (χ0v) is 23.0. The summed E-state index contributed by atoms with van der Waals surface area (Å²) >= 11 is 0. The summed E-state index contributed by atoms with van der Waals surface area (Å²) in [6, 6.07) is 18.2. The predicted octanol–water partition coefficient (Wildman–Crippen LogP) is 7.15. The van der Waals surface area contributed by atoms with Crippen molar-refractivity contribution in [3.05, 3.63) is 88.5 Å². The summed E-state index contributed by atoms with van der Waals surface area (Å²) in [6.45, 7) is 6.53. The van der Waals surface area contributed by atoms with E-state index < -0.39 is 11.7 Å². The number of hydrogen-bond donors (Lipinski definition) is 1. The van der Waals surface area contributed by atoms with Gasteiger partial charge < -0.3 is 9.73 Å². The predicted molar refractivity (Wildman–Crippen MR) is 150 cm³/mol. The number of oxazole rings is 1. The molecule has 0 spiro atoms. The van der Waals surface area contributed by atoms with E-state index in [9.17, 15) is 23.2 Å². The van der Waals surface area contributed by atoms with E-state index in [0.29, 0.717) is 53.3 Å². The number of benzene rings is 3. The van der Waals surface area contributed by atoms with Gasteiger partial charge in [0.25, 0.3) is 5.91 Å². The van der Waals surface area contributed by atoms with E-state index in [4.69, 9.17) is 4.42 Å². The molecule has 41 heavy (non-hydrogen) atoms. The molecule has 1 atom stereocenters. The van der Waals surface area contributed by atoms with Gasteiger partial charge in [-0.15, -0.1) is 0 Å². The number of halogens is 3. The summed E-state index contributed by atoms with van der Waals surface area (Å²) in [7, 11) is 0. The van der Waals surface area contributed by atoms with E-state index in [1.54, 1.807) is 36.4 Å². The molecule has 6 nitrogen and oxygen atoms in total. The Bertz CT molecular complexity index is 1590. The molecule has 0 unspecified atom stereocenters. The van der Waals surface area contributed by atoms with E-state index in [2.05, 4.69) is 21.3 Å². The first-order valence-corrected chi connectivity index (χ1v) is 13.7. The van der Waals surface area contributed by atoms with Crippen LogP contribution in [0.25, 0.3) is 22.6 Å². The van der Waals surface area contributed by atoms with E-state index in [0.717, 1.165) is 36.6 Å². The molecule has 3 aromatic carbocycles. The van der Waals surface area contributed by atoms with Crippen LogP contribution in [-0.4, -0.2) is 35.4 Å². The molecule has 1 fully saturated rings. The second-order valence-electron chi connectivity index (χ2n) is 10.9. The fourth-order valence-electron chi connectivity index (χ4n) is 5.34. The first-order valence-electron chi connectivity index (χ1n) is 13.7. The van der Waals surface area contributed by atoms with Gasteiger partial charge in [-0.1, -0.05) is 32.0 Å². The minimum Gasteiger partial charge on any atom is -0.436 e. The number of piperidine rings is 1. The number of fused-ring (bicyclic) bond motifs is 1. The van der Waals surface area contributed by atoms with Crippen molar-refractivity contribution in [2.24, 2.45) is 5.92 Å². The molecule has 1 aliphatic heterocycles. The molecule has 1 N–H and O–H groups in total. The van der Waals surface area contributed by atoms with Gasteiger partial charge in [0.15, 0.2) is 5.58 Å². The Morgan fingerprint density at radius 2 is 1.95 bits per heavy atom. The van der Waals surface area contributed by atoms with E-state index in [1.165, 1.54) is 12.1 Å². The summed E-state index contributed by atoms with van der Waals surface area (Å²) in [5.74, 6) is 0.609. The molecule has 1 amide bonds. The standard InChI is InChI=1S/C32H31F3N4O2/c1-20(2)27-14-23(16-36)15-28-29(27)41-31(38-28)25-10-8-24(9-11-25)30(40)37-17-22-6-4-12-39(19-22)18-21-5-3-7-26(13-21)32(33,34)35/h3,5,7-11,13-15,20,22H,4,6,12,17-19H2,1-2H3,(H,37,40)/t22-/m0/s1. The van der Waals surface area contributed by atoms with Gasteiger partial charge in [0.1, 0.15) is 5.52 Å². The minimum atomic E-state index is -4.36. The molecule has 9 heteroatoms. The SMILES string of the molecule is CC(C)c1cc(C#N)cc2nc(-c3ccc(C(=O)NC[C@@H]4CCCN(Cc5cccc(C(F)(F)F)c5)C4)cc3)oc12. The fraction of sp³-hybridized carbons (Fsp3) is 0.344. The maximum absolute atomic E-state index is 13.1. The zero-order valence-electron chi connectivity index (χ0n) is 23.0. The molecular formula is C32H31F3N4O2. The third kappa shape index (κ3) is 6.60. The van der Waals surface area contributed by atoms with E-state index in [-0.39, 0.29) is 17.7 Å². The Hall–Kier alpha value is -4.16. The van der Waals surface area contributed by atoms with Crippen molar-refractivity contribution in [2.75, 3.05) is 19.6 Å². The third-order valence-corrected chi connectivity index (χ3v) is 7.48. The van der Waals surface area contributed by atoms with Crippen LogP contribution >= 0.6 is 0 Å². The Labute approximate surface area is 236 Å². The van der Waals surface area contributed by atoms with Crippen molar-refractivity contribution in [3.8, 4) is 17.5 Å². The van der Waals surface area contributed by atoms with Gasteiger partial charge in [-0.05, 0) is 79.3 Å². The number of carbonyl (C=O) groups excluding carboxylic acids is 1. The second-order valence-corrected chi connectivity index (χ2v) is 10.9. The highest BCUT2D eigenvalue weighted by molar-refractivity contribution is 5.94. The van der Waals surface area contributed by atoms with Crippen molar-refractivity contribution in [3.63, 3.8) is 0 Å². The van der Waals surface area contributed by atoms with Crippen molar-refractivity contribution < 1.29 is 22.4 Å². The van der Waals surface area contributed by atoms with E-state index in [1.807, 2.05) is 19.9 Å². The first-order chi connectivity index (χ1) is 19.6. The molecule has 0 saturated carbocycles. The molecule has 1 saturated heterocycles.